The Balaban J connectivity index is 4.28. The number of hydrogen-bond donors (Lipinski definition) is 0. The molecule has 0 N–H and O–H groups in total. The zero-order valence-electron chi connectivity index (χ0n) is 53.9. The molecule has 470 valence electrons. The smallest absolute Gasteiger partial charge is 0.306 e. The number of hydrogen-bond acceptors (Lipinski definition) is 6. The molecule has 0 aliphatic carbocycles. The highest BCUT2D eigenvalue weighted by molar-refractivity contribution is 5.71. The quantitative estimate of drug-likeness (QED) is 0.0261. The number of unbranched alkanes of at least 4 members (excludes halogenated alkanes) is 26. The Hall–Kier alpha value is -4.71. The molecule has 0 fully saturated rings. The van der Waals surface area contributed by atoms with Gasteiger partial charge in [0.05, 0.1) is 0 Å². The molecule has 0 aliphatic heterocycles. The van der Waals surface area contributed by atoms with Gasteiger partial charge in [-0.15, -0.1) is 0 Å². The maximum absolute atomic E-state index is 12.9. The summed E-state index contributed by atoms with van der Waals surface area (Å²) in [4.78, 5) is 38.4. The van der Waals surface area contributed by atoms with Crippen LogP contribution in [0.1, 0.15) is 303 Å². The molecule has 0 saturated heterocycles. The number of carbonyl (C=O) groups is 3. The number of allylic oxidation sites excluding steroid dienone is 24. The third kappa shape index (κ3) is 68.0. The van der Waals surface area contributed by atoms with Crippen molar-refractivity contribution in [3.8, 4) is 0 Å². The summed E-state index contributed by atoms with van der Waals surface area (Å²) in [5.74, 6) is -0.935. The number of ether oxygens (including phenoxy) is 3. The number of carbonyl (C=O) groups excluding carboxylic acids is 3. The first kappa shape index (κ1) is 78.3. The molecule has 0 spiro atoms. The second kappa shape index (κ2) is 69.8. The van der Waals surface area contributed by atoms with Crippen LogP contribution in [0.2, 0.25) is 0 Å². The molecular weight excluding hydrogens is 1020 g/mol. The van der Waals surface area contributed by atoms with E-state index in [4.69, 9.17) is 14.2 Å². The Bertz CT molecular complexity index is 1800. The van der Waals surface area contributed by atoms with Crippen LogP contribution in [0.25, 0.3) is 0 Å². The number of rotatable bonds is 61. The predicted octanol–water partition coefficient (Wildman–Crippen LogP) is 23.9. The van der Waals surface area contributed by atoms with Gasteiger partial charge in [0.2, 0.25) is 0 Å². The fourth-order valence-electron chi connectivity index (χ4n) is 9.23. The van der Waals surface area contributed by atoms with Crippen LogP contribution >= 0.6 is 0 Å². The van der Waals surface area contributed by atoms with E-state index in [9.17, 15) is 14.4 Å². The third-order valence-electron chi connectivity index (χ3n) is 14.3. The molecule has 0 aromatic heterocycles. The summed E-state index contributed by atoms with van der Waals surface area (Å²) in [7, 11) is 0. The summed E-state index contributed by atoms with van der Waals surface area (Å²) in [6, 6.07) is 0. The Morgan fingerprint density at radius 3 is 0.759 bits per heavy atom. The lowest BCUT2D eigenvalue weighted by atomic mass is 10.0. The van der Waals surface area contributed by atoms with Crippen molar-refractivity contribution in [3.63, 3.8) is 0 Å². The van der Waals surface area contributed by atoms with E-state index >= 15 is 0 Å². The van der Waals surface area contributed by atoms with Gasteiger partial charge in [0.1, 0.15) is 13.2 Å². The van der Waals surface area contributed by atoms with E-state index < -0.39 is 6.10 Å². The molecule has 0 saturated carbocycles. The van der Waals surface area contributed by atoms with E-state index in [2.05, 4.69) is 167 Å². The van der Waals surface area contributed by atoms with Gasteiger partial charge in [-0.25, -0.2) is 0 Å². The SMILES string of the molecule is CC/C=C\C/C=C\C/C=C\C/C=C\C/C=C\C/C=C\CCCCCCCCCCCCCCCCC(=O)OCC(COC(=O)CCCCCCC/C=C\CCCCCC)OC(=O)CCCCC/C=C\C/C=C\C/C=C\C/C=C\C/C=C\CC. The summed E-state index contributed by atoms with van der Waals surface area (Å²) in [5, 5.41) is 0. The average molecular weight is 1150 g/mol. The molecular formula is C77H126O6. The molecule has 0 heterocycles. The minimum Gasteiger partial charge on any atom is -0.462 e. The highest BCUT2D eigenvalue weighted by Crippen LogP contribution is 2.16. The van der Waals surface area contributed by atoms with E-state index in [0.29, 0.717) is 12.8 Å². The molecule has 0 amide bonds. The van der Waals surface area contributed by atoms with Gasteiger partial charge in [-0.3, -0.25) is 14.4 Å². The fourth-order valence-corrected chi connectivity index (χ4v) is 9.23. The Morgan fingerprint density at radius 1 is 0.253 bits per heavy atom. The van der Waals surface area contributed by atoms with E-state index in [1.807, 2.05) is 0 Å². The molecule has 1 atom stereocenters. The van der Waals surface area contributed by atoms with E-state index in [0.717, 1.165) is 148 Å². The molecule has 0 rings (SSSR count). The molecule has 1 unspecified atom stereocenters. The lowest BCUT2D eigenvalue weighted by Crippen LogP contribution is -2.30. The van der Waals surface area contributed by atoms with Crippen LogP contribution in [0.15, 0.2) is 146 Å². The first-order valence-corrected chi connectivity index (χ1v) is 34.3. The van der Waals surface area contributed by atoms with Gasteiger partial charge in [0.25, 0.3) is 0 Å². The van der Waals surface area contributed by atoms with Crippen molar-refractivity contribution in [3.05, 3.63) is 146 Å². The van der Waals surface area contributed by atoms with E-state index in [1.54, 1.807) is 0 Å². The summed E-state index contributed by atoms with van der Waals surface area (Å²) in [6.45, 7) is 6.37. The summed E-state index contributed by atoms with van der Waals surface area (Å²) in [5.41, 5.74) is 0. The van der Waals surface area contributed by atoms with E-state index in [-0.39, 0.29) is 37.5 Å². The standard InChI is InChI=1S/C77H126O6/c1-4-7-10-13-16-19-22-25-27-29-31-32-33-34-35-36-37-38-39-40-41-42-43-44-46-47-49-52-55-58-61-64-67-70-76(79)82-73-74(72-81-75(78)69-66-63-60-57-54-51-24-21-18-15-12-9-6-3)83-77(80)71-68-65-62-59-56-53-50-48-45-30-28-26-23-20-17-14-11-8-5-2/h7-8,10-11,16-17,19-21,24-28,31-32,34-35,37-38,45,48,53,56,74H,4-6,9,12-15,18,22-23,29-30,33,36,39-44,46-47,49-52,54-55,57-73H2,1-3H3/b10-7-,11-8-,19-16-,20-17-,24-21-,27-25-,28-26-,32-31-,35-34-,38-37-,48-45-,56-53-. The highest BCUT2D eigenvalue weighted by Gasteiger charge is 2.19. The first-order valence-electron chi connectivity index (χ1n) is 34.3. The van der Waals surface area contributed by atoms with Crippen molar-refractivity contribution in [1.82, 2.24) is 0 Å². The van der Waals surface area contributed by atoms with Crippen LogP contribution in [0, 0.1) is 0 Å². The van der Waals surface area contributed by atoms with Crippen LogP contribution < -0.4 is 0 Å². The van der Waals surface area contributed by atoms with Gasteiger partial charge in [-0.2, -0.15) is 0 Å². The zero-order chi connectivity index (χ0) is 59.9. The van der Waals surface area contributed by atoms with Crippen LogP contribution in [-0.2, 0) is 28.6 Å². The predicted molar refractivity (Wildman–Crippen MR) is 362 cm³/mol. The minimum atomic E-state index is -0.805. The van der Waals surface area contributed by atoms with Gasteiger partial charge >= 0.3 is 17.9 Å². The maximum Gasteiger partial charge on any atom is 0.306 e. The van der Waals surface area contributed by atoms with Crippen molar-refractivity contribution in [2.24, 2.45) is 0 Å². The van der Waals surface area contributed by atoms with Crippen molar-refractivity contribution in [1.29, 1.82) is 0 Å². The van der Waals surface area contributed by atoms with Gasteiger partial charge < -0.3 is 14.2 Å². The fraction of sp³-hybridized carbons (Fsp3) is 0.649. The second-order valence-electron chi connectivity index (χ2n) is 22.3. The lowest BCUT2D eigenvalue weighted by molar-refractivity contribution is -0.167. The van der Waals surface area contributed by atoms with Crippen LogP contribution in [0.5, 0.6) is 0 Å². The molecule has 0 radical (unpaired) electrons. The van der Waals surface area contributed by atoms with Crippen LogP contribution in [-0.4, -0.2) is 37.2 Å². The zero-order valence-corrected chi connectivity index (χ0v) is 53.9. The van der Waals surface area contributed by atoms with Crippen molar-refractivity contribution < 1.29 is 28.6 Å². The summed E-state index contributed by atoms with van der Waals surface area (Å²) >= 11 is 0. The minimum absolute atomic E-state index is 0.0970. The number of esters is 3. The van der Waals surface area contributed by atoms with Crippen LogP contribution in [0.3, 0.4) is 0 Å². The third-order valence-corrected chi connectivity index (χ3v) is 14.3. The molecule has 83 heavy (non-hydrogen) atoms. The van der Waals surface area contributed by atoms with E-state index in [1.165, 1.54) is 116 Å². The highest BCUT2D eigenvalue weighted by atomic mass is 16.6. The van der Waals surface area contributed by atoms with Gasteiger partial charge in [-0.1, -0.05) is 289 Å². The molecule has 0 aromatic carbocycles. The Labute approximate surface area is 512 Å². The van der Waals surface area contributed by atoms with Gasteiger partial charge in [0, 0.05) is 19.3 Å². The topological polar surface area (TPSA) is 78.9 Å². The van der Waals surface area contributed by atoms with Gasteiger partial charge in [-0.05, 0) is 141 Å². The normalized spacial score (nSPS) is 13.0. The average Bonchev–Trinajstić information content (AvgIpc) is 3.49. The first-order chi connectivity index (χ1) is 41.0. The Morgan fingerprint density at radius 2 is 0.470 bits per heavy atom. The largest absolute Gasteiger partial charge is 0.462 e. The van der Waals surface area contributed by atoms with Crippen LogP contribution in [0.4, 0.5) is 0 Å². The van der Waals surface area contributed by atoms with Crippen molar-refractivity contribution in [2.75, 3.05) is 13.2 Å². The molecule has 0 bridgehead atoms. The molecule has 6 nitrogen and oxygen atoms in total. The molecule has 6 heteroatoms. The van der Waals surface area contributed by atoms with Gasteiger partial charge in [0.15, 0.2) is 6.10 Å². The second-order valence-corrected chi connectivity index (χ2v) is 22.3. The Kier molecular flexibility index (Phi) is 65.8. The molecule has 0 aliphatic rings. The summed E-state index contributed by atoms with van der Waals surface area (Å²) < 4.78 is 16.9. The van der Waals surface area contributed by atoms with Crippen molar-refractivity contribution >= 4 is 17.9 Å². The molecule has 0 aromatic rings. The van der Waals surface area contributed by atoms with Crippen molar-refractivity contribution in [2.45, 2.75) is 309 Å². The lowest BCUT2D eigenvalue weighted by Gasteiger charge is -2.18. The summed E-state index contributed by atoms with van der Waals surface area (Å²) in [6.07, 6.45) is 100. The maximum atomic E-state index is 12.9. The monoisotopic (exact) mass is 1150 g/mol.